The first-order chi connectivity index (χ1) is 17.7. The average molecular weight is 496 g/mol. The molecule has 4 rings (SSSR count). The molecular formula is C29H29N5O3. The Morgan fingerprint density at radius 2 is 1.95 bits per heavy atom. The number of carbonyl (C=O) groups excluding carboxylic acids is 1. The van der Waals surface area contributed by atoms with Crippen LogP contribution in [0.15, 0.2) is 60.9 Å². The van der Waals surface area contributed by atoms with Gasteiger partial charge in [0.05, 0.1) is 18.1 Å². The molecule has 8 heteroatoms. The van der Waals surface area contributed by atoms with Crippen molar-refractivity contribution in [2.75, 3.05) is 30.9 Å². The van der Waals surface area contributed by atoms with Crippen LogP contribution in [0.5, 0.6) is 5.75 Å². The van der Waals surface area contributed by atoms with E-state index in [0.717, 1.165) is 33.0 Å². The number of hydrogen-bond donors (Lipinski definition) is 3. The highest BCUT2D eigenvalue weighted by Gasteiger charge is 2.21. The Bertz CT molecular complexity index is 1510. The lowest BCUT2D eigenvalue weighted by Crippen LogP contribution is -2.18. The van der Waals surface area contributed by atoms with E-state index in [9.17, 15) is 15.2 Å². The maximum Gasteiger partial charge on any atom is 0.274 e. The summed E-state index contributed by atoms with van der Waals surface area (Å²) in [6, 6.07) is 17.2. The van der Waals surface area contributed by atoms with Crippen molar-refractivity contribution in [3.8, 4) is 22.9 Å². The minimum absolute atomic E-state index is 0.100. The first-order valence-electron chi connectivity index (χ1n) is 11.9. The van der Waals surface area contributed by atoms with Crippen molar-refractivity contribution in [1.82, 2.24) is 9.97 Å². The largest absolute Gasteiger partial charge is 0.491 e. The van der Waals surface area contributed by atoms with Gasteiger partial charge in [-0.2, -0.15) is 5.26 Å². The van der Waals surface area contributed by atoms with Gasteiger partial charge in [-0.25, -0.2) is 4.98 Å². The number of aryl methyl sites for hydroxylation is 1. The van der Waals surface area contributed by atoms with Gasteiger partial charge in [-0.1, -0.05) is 6.07 Å². The van der Waals surface area contributed by atoms with Gasteiger partial charge in [0.1, 0.15) is 23.9 Å². The highest BCUT2D eigenvalue weighted by Crippen LogP contribution is 2.36. The van der Waals surface area contributed by atoms with Crippen molar-refractivity contribution >= 4 is 28.2 Å². The van der Waals surface area contributed by atoms with Gasteiger partial charge >= 0.3 is 0 Å². The zero-order chi connectivity index (χ0) is 26.6. The molecule has 0 atom stereocenters. The van der Waals surface area contributed by atoms with Gasteiger partial charge in [0, 0.05) is 35.9 Å². The molecule has 0 radical (unpaired) electrons. The molecule has 2 aromatic heterocycles. The number of nitrogens with zero attached hydrogens (tertiary/aromatic N) is 3. The monoisotopic (exact) mass is 495 g/mol. The molecule has 3 N–H and O–H groups in total. The second kappa shape index (κ2) is 10.6. The van der Waals surface area contributed by atoms with Crippen LogP contribution in [0.25, 0.3) is 21.9 Å². The molecule has 0 aliphatic rings. The fraction of sp³-hybridized carbons (Fsp3) is 0.241. The molecule has 2 heterocycles. The van der Waals surface area contributed by atoms with Crippen molar-refractivity contribution in [1.29, 1.82) is 5.26 Å². The Morgan fingerprint density at radius 1 is 1.14 bits per heavy atom. The summed E-state index contributed by atoms with van der Waals surface area (Å²) in [6.07, 6.45) is 3.32. The van der Waals surface area contributed by atoms with Crippen LogP contribution in [0.4, 0.5) is 11.5 Å². The van der Waals surface area contributed by atoms with Crippen LogP contribution in [0.3, 0.4) is 0 Å². The predicted molar refractivity (Wildman–Crippen MR) is 145 cm³/mol. The molecule has 0 unspecified atom stereocenters. The molecule has 4 aromatic rings. The molecule has 2 aromatic carbocycles. The van der Waals surface area contributed by atoms with Gasteiger partial charge in [0.15, 0.2) is 0 Å². The molecule has 0 saturated heterocycles. The Kier molecular flexibility index (Phi) is 7.37. The summed E-state index contributed by atoms with van der Waals surface area (Å²) in [5, 5.41) is 26.5. The van der Waals surface area contributed by atoms with E-state index >= 15 is 0 Å². The van der Waals surface area contributed by atoms with Gasteiger partial charge in [-0.3, -0.25) is 9.78 Å². The normalized spacial score (nSPS) is 11.1. The highest BCUT2D eigenvalue weighted by molar-refractivity contribution is 6.03. The second-order valence-electron chi connectivity index (χ2n) is 9.24. The van der Waals surface area contributed by atoms with Crippen LogP contribution in [0.2, 0.25) is 0 Å². The maximum absolute atomic E-state index is 13.0. The van der Waals surface area contributed by atoms with E-state index < -0.39 is 5.41 Å². The van der Waals surface area contributed by atoms with Crippen molar-refractivity contribution in [3.63, 3.8) is 0 Å². The number of fused-ring (bicyclic) bond motifs is 1. The van der Waals surface area contributed by atoms with E-state index in [1.807, 2.05) is 43.3 Å². The van der Waals surface area contributed by atoms with Gasteiger partial charge in [0.25, 0.3) is 5.91 Å². The Balaban J connectivity index is 1.70. The zero-order valence-electron chi connectivity index (χ0n) is 21.3. The summed E-state index contributed by atoms with van der Waals surface area (Å²) < 4.78 is 5.86. The summed E-state index contributed by atoms with van der Waals surface area (Å²) in [5.74, 6) is 0.987. The lowest BCUT2D eigenvalue weighted by molar-refractivity contribution is 0.102. The Morgan fingerprint density at radius 3 is 2.68 bits per heavy atom. The van der Waals surface area contributed by atoms with Gasteiger partial charge in [-0.15, -0.1) is 0 Å². The number of nitrogens with one attached hydrogen (secondary N) is 2. The Hall–Kier alpha value is -4.48. The smallest absolute Gasteiger partial charge is 0.274 e. The number of pyridine rings is 2. The predicted octanol–water partition coefficient (Wildman–Crippen LogP) is 5.07. The van der Waals surface area contributed by atoms with Crippen molar-refractivity contribution in [3.05, 3.63) is 77.7 Å². The lowest BCUT2D eigenvalue weighted by atomic mass is 9.86. The van der Waals surface area contributed by atoms with Crippen molar-refractivity contribution in [2.24, 2.45) is 0 Å². The summed E-state index contributed by atoms with van der Waals surface area (Å²) >= 11 is 0. The van der Waals surface area contributed by atoms with Gasteiger partial charge in [0.2, 0.25) is 0 Å². The lowest BCUT2D eigenvalue weighted by Gasteiger charge is -2.16. The number of nitriles is 1. The molecule has 37 heavy (non-hydrogen) atoms. The summed E-state index contributed by atoms with van der Waals surface area (Å²) in [7, 11) is 1.80. The topological polar surface area (TPSA) is 120 Å². The number of amides is 1. The van der Waals surface area contributed by atoms with E-state index in [-0.39, 0.29) is 24.8 Å². The van der Waals surface area contributed by atoms with Crippen LogP contribution < -0.4 is 15.4 Å². The van der Waals surface area contributed by atoms with Gasteiger partial charge in [-0.05, 0) is 85.5 Å². The number of carbonyl (C=O) groups is 1. The number of hydrogen-bond acceptors (Lipinski definition) is 7. The standard InChI is InChI=1S/C29H29N5O3/c1-18-5-6-22(34-28(36)25-13-21(7-8-32-25)29(2,3)17-30)14-23(18)19-11-20-16-33-27(31-4)15-24(20)26(12-19)37-10-9-35/h5-8,11-16,35H,9-10H2,1-4H3,(H,31,33)(H,34,36). The minimum Gasteiger partial charge on any atom is -0.491 e. The summed E-state index contributed by atoms with van der Waals surface area (Å²) in [4.78, 5) is 21.6. The fourth-order valence-corrected chi connectivity index (χ4v) is 4.00. The second-order valence-corrected chi connectivity index (χ2v) is 9.24. The minimum atomic E-state index is -0.732. The molecule has 0 aliphatic heterocycles. The first-order valence-corrected chi connectivity index (χ1v) is 11.9. The average Bonchev–Trinajstić information content (AvgIpc) is 2.92. The van der Waals surface area contributed by atoms with E-state index in [2.05, 4.69) is 26.7 Å². The number of aromatic nitrogens is 2. The third-order valence-electron chi connectivity index (χ3n) is 6.20. The Labute approximate surface area is 216 Å². The fourth-order valence-electron chi connectivity index (χ4n) is 4.00. The molecule has 0 aliphatic carbocycles. The quantitative estimate of drug-likeness (QED) is 0.312. The SMILES string of the molecule is CNc1cc2c(OCCO)cc(-c3cc(NC(=O)c4cc(C(C)(C)C#N)ccn4)ccc3C)cc2cn1. The number of aliphatic hydroxyl groups is 1. The third-order valence-corrected chi connectivity index (χ3v) is 6.20. The highest BCUT2D eigenvalue weighted by atomic mass is 16.5. The molecule has 0 spiro atoms. The molecular weight excluding hydrogens is 466 g/mol. The molecule has 0 fully saturated rings. The van der Waals surface area contributed by atoms with Crippen molar-refractivity contribution in [2.45, 2.75) is 26.2 Å². The van der Waals surface area contributed by atoms with Crippen LogP contribution in [0.1, 0.15) is 35.5 Å². The molecule has 0 bridgehead atoms. The molecule has 0 saturated carbocycles. The number of benzene rings is 2. The molecule has 8 nitrogen and oxygen atoms in total. The number of anilines is 2. The number of ether oxygens (including phenoxy) is 1. The van der Waals surface area contributed by atoms with Crippen LogP contribution in [0, 0.1) is 18.3 Å². The third kappa shape index (κ3) is 5.52. The zero-order valence-corrected chi connectivity index (χ0v) is 21.3. The van der Waals surface area contributed by atoms with E-state index in [1.54, 1.807) is 45.4 Å². The molecule has 188 valence electrons. The van der Waals surface area contributed by atoms with Crippen LogP contribution in [-0.2, 0) is 5.41 Å². The van der Waals surface area contributed by atoms with Crippen LogP contribution in [-0.4, -0.2) is 41.2 Å². The number of rotatable bonds is 8. The molecule has 1 amide bonds. The number of aliphatic hydroxyl groups excluding tert-OH is 1. The van der Waals surface area contributed by atoms with E-state index in [4.69, 9.17) is 4.74 Å². The first kappa shape index (κ1) is 25.6. The van der Waals surface area contributed by atoms with Crippen molar-refractivity contribution < 1.29 is 14.6 Å². The van der Waals surface area contributed by atoms with E-state index in [1.165, 1.54) is 0 Å². The maximum atomic E-state index is 13.0. The van der Waals surface area contributed by atoms with Gasteiger partial charge < -0.3 is 20.5 Å². The summed E-state index contributed by atoms with van der Waals surface area (Å²) in [5.41, 5.74) is 3.66. The van der Waals surface area contributed by atoms with Crippen LogP contribution >= 0.6 is 0 Å². The summed E-state index contributed by atoms with van der Waals surface area (Å²) in [6.45, 7) is 5.66. The van der Waals surface area contributed by atoms with E-state index in [0.29, 0.717) is 17.3 Å².